The number of aliphatic imine (C=N–C) groups is 2. The van der Waals surface area contributed by atoms with Gasteiger partial charge in [0, 0.05) is 30.4 Å². The van der Waals surface area contributed by atoms with Crippen LogP contribution in [0.25, 0.3) is 11.0 Å². The fraction of sp³-hybridized carbons (Fsp3) is 0.667. The fourth-order valence-corrected chi connectivity index (χ4v) is 8.48. The predicted octanol–water partition coefficient (Wildman–Crippen LogP) is 5.19. The lowest BCUT2D eigenvalue weighted by atomic mass is 9.69. The van der Waals surface area contributed by atoms with E-state index in [9.17, 15) is 4.79 Å². The Balaban J connectivity index is 1.25. The van der Waals surface area contributed by atoms with E-state index in [4.69, 9.17) is 4.98 Å². The molecule has 2 aromatic rings. The summed E-state index contributed by atoms with van der Waals surface area (Å²) in [4.78, 5) is 30.8. The number of fused-ring (bicyclic) bond motifs is 9. The molecule has 6 aliphatic rings. The second-order valence-electron chi connectivity index (χ2n) is 12.0. The van der Waals surface area contributed by atoms with Crippen molar-refractivity contribution in [3.63, 3.8) is 0 Å². The third kappa shape index (κ3) is 3.96. The molecule has 4 bridgehead atoms. The van der Waals surface area contributed by atoms with Gasteiger partial charge in [0.05, 0.1) is 24.1 Å². The molecule has 8 rings (SSSR count). The van der Waals surface area contributed by atoms with Crippen LogP contribution in [0.15, 0.2) is 39.0 Å². The van der Waals surface area contributed by atoms with Gasteiger partial charge < -0.3 is 4.57 Å². The first-order valence-electron chi connectivity index (χ1n) is 14.6. The summed E-state index contributed by atoms with van der Waals surface area (Å²) in [6, 6.07) is 10.4. The SMILES string of the molecule is O=c1c(C2=NCCN=C2)nc2ccccc2n1C1CC2CCCC(C1)N2C1CC2CCCCC1CC2. The first kappa shape index (κ1) is 22.8. The van der Waals surface area contributed by atoms with Gasteiger partial charge in [0.2, 0.25) is 0 Å². The summed E-state index contributed by atoms with van der Waals surface area (Å²) in [7, 11) is 0. The molecule has 6 heteroatoms. The molecule has 3 saturated carbocycles. The van der Waals surface area contributed by atoms with Crippen molar-refractivity contribution in [1.82, 2.24) is 14.5 Å². The molecule has 2 saturated heterocycles. The number of rotatable bonds is 3. The standard InChI is InChI=1S/C30H39N5O/c36-30-29(26-19-31-14-15-32-26)33-25-10-3-4-11-27(25)35(30)24-17-22-8-5-9-23(18-24)34(22)28-16-20-6-1-2-7-21(28)13-12-20/h3-4,10-11,19-24,28H,1-2,5-9,12-18H2. The third-order valence-corrected chi connectivity index (χ3v) is 10.0. The lowest BCUT2D eigenvalue weighted by molar-refractivity contribution is -0.0603. The molecule has 5 atom stereocenters. The first-order valence-corrected chi connectivity index (χ1v) is 14.6. The van der Waals surface area contributed by atoms with Gasteiger partial charge in [-0.05, 0) is 68.9 Å². The van der Waals surface area contributed by atoms with E-state index in [1.54, 1.807) is 6.21 Å². The van der Waals surface area contributed by atoms with Gasteiger partial charge in [0.25, 0.3) is 5.56 Å². The molecule has 4 heterocycles. The lowest BCUT2D eigenvalue weighted by Gasteiger charge is -2.56. The molecule has 36 heavy (non-hydrogen) atoms. The molecule has 6 nitrogen and oxygen atoms in total. The molecule has 0 spiro atoms. The van der Waals surface area contributed by atoms with Crippen LogP contribution in [-0.2, 0) is 0 Å². The highest BCUT2D eigenvalue weighted by molar-refractivity contribution is 6.38. The maximum Gasteiger partial charge on any atom is 0.279 e. The minimum Gasteiger partial charge on any atom is -0.302 e. The molecule has 1 aromatic carbocycles. The second kappa shape index (κ2) is 9.51. The first-order chi connectivity index (χ1) is 17.8. The third-order valence-electron chi connectivity index (χ3n) is 10.0. The molecule has 0 N–H and O–H groups in total. The van der Waals surface area contributed by atoms with Crippen LogP contribution < -0.4 is 5.56 Å². The molecular weight excluding hydrogens is 446 g/mol. The van der Waals surface area contributed by atoms with Gasteiger partial charge in [-0.3, -0.25) is 19.7 Å². The Labute approximate surface area is 213 Å². The molecule has 5 fully saturated rings. The van der Waals surface area contributed by atoms with Crippen LogP contribution >= 0.6 is 0 Å². The van der Waals surface area contributed by atoms with Gasteiger partial charge in [-0.25, -0.2) is 4.98 Å². The van der Waals surface area contributed by atoms with Crippen molar-refractivity contribution in [2.45, 2.75) is 101 Å². The highest BCUT2D eigenvalue weighted by Crippen LogP contribution is 2.47. The Morgan fingerprint density at radius 2 is 1.64 bits per heavy atom. The van der Waals surface area contributed by atoms with Gasteiger partial charge in [-0.15, -0.1) is 0 Å². The molecular formula is C30H39N5O. The maximum atomic E-state index is 14.0. The Bertz CT molecular complexity index is 1230. The van der Waals surface area contributed by atoms with E-state index in [1.165, 1.54) is 64.2 Å². The molecule has 3 aliphatic heterocycles. The number of aromatic nitrogens is 2. The molecule has 5 unspecified atom stereocenters. The van der Waals surface area contributed by atoms with Crippen molar-refractivity contribution >= 4 is 23.0 Å². The maximum absolute atomic E-state index is 14.0. The van der Waals surface area contributed by atoms with Crippen LogP contribution in [0, 0.1) is 11.8 Å². The zero-order chi connectivity index (χ0) is 24.1. The van der Waals surface area contributed by atoms with Crippen LogP contribution in [0.2, 0.25) is 0 Å². The second-order valence-corrected chi connectivity index (χ2v) is 12.0. The number of piperidine rings is 2. The predicted molar refractivity (Wildman–Crippen MR) is 145 cm³/mol. The van der Waals surface area contributed by atoms with Crippen LogP contribution in [0.4, 0.5) is 0 Å². The summed E-state index contributed by atoms with van der Waals surface area (Å²) in [5, 5.41) is 0. The van der Waals surface area contributed by atoms with E-state index in [-0.39, 0.29) is 11.6 Å². The zero-order valence-electron chi connectivity index (χ0n) is 21.4. The Morgan fingerprint density at radius 1 is 0.806 bits per heavy atom. The molecule has 190 valence electrons. The van der Waals surface area contributed by atoms with Gasteiger partial charge in [-0.2, -0.15) is 0 Å². The normalized spacial score (nSPS) is 34.8. The van der Waals surface area contributed by atoms with Gasteiger partial charge in [-0.1, -0.05) is 44.2 Å². The highest BCUT2D eigenvalue weighted by Gasteiger charge is 2.46. The van der Waals surface area contributed by atoms with E-state index < -0.39 is 0 Å². The molecule has 0 amide bonds. The van der Waals surface area contributed by atoms with E-state index in [1.807, 2.05) is 18.2 Å². The Kier molecular flexibility index (Phi) is 6.03. The average Bonchev–Trinajstić information content (AvgIpc) is 2.88. The Hall–Kier alpha value is -2.34. The summed E-state index contributed by atoms with van der Waals surface area (Å²) in [6.45, 7) is 1.32. The topological polar surface area (TPSA) is 62.9 Å². The van der Waals surface area contributed by atoms with Crippen molar-refractivity contribution in [2.75, 3.05) is 13.1 Å². The summed E-state index contributed by atoms with van der Waals surface area (Å²) < 4.78 is 2.11. The van der Waals surface area contributed by atoms with Crippen LogP contribution in [0.1, 0.15) is 88.8 Å². The highest BCUT2D eigenvalue weighted by atomic mass is 16.1. The fourth-order valence-electron chi connectivity index (χ4n) is 8.48. The van der Waals surface area contributed by atoms with Gasteiger partial charge in [0.15, 0.2) is 5.69 Å². The smallest absolute Gasteiger partial charge is 0.279 e. The number of hydrogen-bond donors (Lipinski definition) is 0. The number of hydrogen-bond acceptors (Lipinski definition) is 5. The van der Waals surface area contributed by atoms with Crippen molar-refractivity contribution in [1.29, 1.82) is 0 Å². The average molecular weight is 486 g/mol. The minimum absolute atomic E-state index is 0.0161. The van der Waals surface area contributed by atoms with Crippen molar-refractivity contribution in [2.24, 2.45) is 21.8 Å². The van der Waals surface area contributed by atoms with Crippen LogP contribution in [0.3, 0.4) is 0 Å². The van der Waals surface area contributed by atoms with Crippen LogP contribution in [0.5, 0.6) is 0 Å². The van der Waals surface area contributed by atoms with Gasteiger partial charge >= 0.3 is 0 Å². The van der Waals surface area contributed by atoms with E-state index in [2.05, 4.69) is 25.5 Å². The number of para-hydroxylation sites is 2. The number of nitrogens with zero attached hydrogens (tertiary/aromatic N) is 5. The zero-order valence-corrected chi connectivity index (χ0v) is 21.4. The van der Waals surface area contributed by atoms with Crippen LogP contribution in [-0.4, -0.2) is 57.6 Å². The summed E-state index contributed by atoms with van der Waals surface area (Å²) >= 11 is 0. The van der Waals surface area contributed by atoms with Crippen molar-refractivity contribution in [3.8, 4) is 0 Å². The monoisotopic (exact) mass is 485 g/mol. The van der Waals surface area contributed by atoms with E-state index in [0.717, 1.165) is 41.8 Å². The van der Waals surface area contributed by atoms with Crippen molar-refractivity contribution in [3.05, 3.63) is 40.3 Å². The summed E-state index contributed by atoms with van der Waals surface area (Å²) in [5.74, 6) is 1.83. The summed E-state index contributed by atoms with van der Waals surface area (Å²) in [5.41, 5.74) is 3.00. The number of benzene rings is 1. The molecule has 0 radical (unpaired) electrons. The van der Waals surface area contributed by atoms with E-state index >= 15 is 0 Å². The minimum atomic E-state index is 0.0161. The largest absolute Gasteiger partial charge is 0.302 e. The van der Waals surface area contributed by atoms with E-state index in [0.29, 0.717) is 36.6 Å². The summed E-state index contributed by atoms with van der Waals surface area (Å²) in [6.07, 6.45) is 17.9. The lowest BCUT2D eigenvalue weighted by Crippen LogP contribution is -2.60. The molecule has 1 aromatic heterocycles. The van der Waals surface area contributed by atoms with Gasteiger partial charge in [0.1, 0.15) is 5.71 Å². The Morgan fingerprint density at radius 3 is 2.47 bits per heavy atom. The molecule has 3 aliphatic carbocycles. The van der Waals surface area contributed by atoms with Crippen molar-refractivity contribution < 1.29 is 0 Å². The quantitative estimate of drug-likeness (QED) is 0.601.